The van der Waals surface area contributed by atoms with Crippen LogP contribution < -0.4 is 5.32 Å². The van der Waals surface area contributed by atoms with Crippen LogP contribution in [0.3, 0.4) is 0 Å². The van der Waals surface area contributed by atoms with E-state index in [1.54, 1.807) is 0 Å². The highest BCUT2D eigenvalue weighted by molar-refractivity contribution is 7.93. The van der Waals surface area contributed by atoms with Gasteiger partial charge in [-0.15, -0.1) is 0 Å². The van der Waals surface area contributed by atoms with Crippen LogP contribution >= 0.6 is 0 Å². The molecule has 1 aliphatic rings. The number of carbonyl (C=O) groups excluding carboxylic acids is 1. The molecule has 1 aliphatic heterocycles. The maximum Gasteiger partial charge on any atom is 0.407 e. The van der Waals surface area contributed by atoms with Crippen LogP contribution in [0.4, 0.5) is 4.79 Å². The van der Waals surface area contributed by atoms with E-state index in [2.05, 4.69) is 5.32 Å². The molecule has 1 heterocycles. The SMILES string of the molecule is O=C(NC1(CCO)CS(=O)(=O)C1)OCc1ccccc1. The van der Waals surface area contributed by atoms with Gasteiger partial charge in [-0.25, -0.2) is 13.2 Å². The zero-order valence-electron chi connectivity index (χ0n) is 10.9. The quantitative estimate of drug-likeness (QED) is 0.824. The van der Waals surface area contributed by atoms with Gasteiger partial charge in [-0.3, -0.25) is 0 Å². The molecule has 1 aromatic rings. The summed E-state index contributed by atoms with van der Waals surface area (Å²) in [6.45, 7) is -0.0664. The molecule has 0 bridgehead atoms. The Bertz CT molecular complexity index is 558. The normalized spacial score (nSPS) is 18.9. The van der Waals surface area contributed by atoms with Gasteiger partial charge in [0.05, 0.1) is 17.0 Å². The molecule has 0 saturated carbocycles. The predicted octanol–water partition coefficient (Wildman–Crippen LogP) is 0.462. The molecule has 110 valence electrons. The fourth-order valence-electron chi connectivity index (χ4n) is 2.27. The molecule has 1 amide bonds. The molecule has 1 aromatic carbocycles. The third-order valence-electron chi connectivity index (χ3n) is 3.16. The van der Waals surface area contributed by atoms with Crippen molar-refractivity contribution in [3.63, 3.8) is 0 Å². The lowest BCUT2D eigenvalue weighted by atomic mass is 10.00. The predicted molar refractivity (Wildman–Crippen MR) is 72.9 cm³/mol. The van der Waals surface area contributed by atoms with Crippen molar-refractivity contribution < 1.29 is 23.1 Å². The monoisotopic (exact) mass is 299 g/mol. The van der Waals surface area contributed by atoms with E-state index in [0.717, 1.165) is 5.56 Å². The van der Waals surface area contributed by atoms with Crippen molar-refractivity contribution in [2.24, 2.45) is 0 Å². The molecular weight excluding hydrogens is 282 g/mol. The molecule has 2 N–H and O–H groups in total. The first kappa shape index (κ1) is 14.8. The van der Waals surface area contributed by atoms with E-state index in [1.165, 1.54) is 0 Å². The van der Waals surface area contributed by atoms with Crippen molar-refractivity contribution in [1.82, 2.24) is 5.32 Å². The van der Waals surface area contributed by atoms with Crippen LogP contribution in [0.5, 0.6) is 0 Å². The maximum atomic E-state index is 11.7. The Labute approximate surface area is 117 Å². The van der Waals surface area contributed by atoms with Gasteiger partial charge >= 0.3 is 6.09 Å². The van der Waals surface area contributed by atoms with Crippen molar-refractivity contribution in [2.45, 2.75) is 18.6 Å². The molecule has 0 unspecified atom stereocenters. The first-order chi connectivity index (χ1) is 9.45. The summed E-state index contributed by atoms with van der Waals surface area (Å²) in [5.41, 5.74) is -0.0402. The zero-order chi connectivity index (χ0) is 14.6. The molecule has 7 heteroatoms. The fourth-order valence-corrected chi connectivity index (χ4v) is 4.30. The highest BCUT2D eigenvalue weighted by Gasteiger charge is 2.49. The number of nitrogens with one attached hydrogen (secondary N) is 1. The Kier molecular flexibility index (Phi) is 4.29. The van der Waals surface area contributed by atoms with Gasteiger partial charge in [0.15, 0.2) is 9.84 Å². The largest absolute Gasteiger partial charge is 0.445 e. The average Bonchev–Trinajstić information content (AvgIpc) is 2.35. The lowest BCUT2D eigenvalue weighted by molar-refractivity contribution is 0.123. The molecular formula is C13H17NO5S. The summed E-state index contributed by atoms with van der Waals surface area (Å²) in [6, 6.07) is 9.18. The number of amides is 1. The van der Waals surface area contributed by atoms with Crippen molar-refractivity contribution in [1.29, 1.82) is 0 Å². The number of rotatable bonds is 5. The molecule has 0 atom stereocenters. The van der Waals surface area contributed by atoms with Gasteiger partial charge in [0.1, 0.15) is 6.61 Å². The lowest BCUT2D eigenvalue weighted by Crippen LogP contribution is -2.65. The second-order valence-corrected chi connectivity index (χ2v) is 7.04. The van der Waals surface area contributed by atoms with Gasteiger partial charge in [0.2, 0.25) is 0 Å². The van der Waals surface area contributed by atoms with Gasteiger partial charge in [-0.1, -0.05) is 30.3 Å². The van der Waals surface area contributed by atoms with Crippen LogP contribution in [0.2, 0.25) is 0 Å². The summed E-state index contributed by atoms with van der Waals surface area (Å²) < 4.78 is 27.6. The van der Waals surface area contributed by atoms with Crippen molar-refractivity contribution in [2.75, 3.05) is 18.1 Å². The molecule has 2 rings (SSSR count). The minimum absolute atomic E-state index is 0.120. The summed E-state index contributed by atoms with van der Waals surface area (Å²) in [4.78, 5) is 11.7. The van der Waals surface area contributed by atoms with Gasteiger partial charge in [-0.05, 0) is 12.0 Å². The Morgan fingerprint density at radius 1 is 1.30 bits per heavy atom. The first-order valence-corrected chi connectivity index (χ1v) is 8.07. The maximum absolute atomic E-state index is 11.7. The van der Waals surface area contributed by atoms with E-state index >= 15 is 0 Å². The van der Waals surface area contributed by atoms with E-state index in [9.17, 15) is 13.2 Å². The molecule has 0 aromatic heterocycles. The number of hydrogen-bond acceptors (Lipinski definition) is 5. The average molecular weight is 299 g/mol. The topological polar surface area (TPSA) is 92.7 Å². The highest BCUT2D eigenvalue weighted by Crippen LogP contribution is 2.27. The van der Waals surface area contributed by atoms with Gasteiger partial charge in [0, 0.05) is 6.61 Å². The van der Waals surface area contributed by atoms with Gasteiger partial charge in [0.25, 0.3) is 0 Å². The van der Waals surface area contributed by atoms with E-state index in [1.807, 2.05) is 30.3 Å². The van der Waals surface area contributed by atoms with Crippen molar-refractivity contribution >= 4 is 15.9 Å². The highest BCUT2D eigenvalue weighted by atomic mass is 32.2. The second kappa shape index (κ2) is 5.80. The number of aliphatic hydroxyl groups excluding tert-OH is 1. The zero-order valence-corrected chi connectivity index (χ0v) is 11.7. The van der Waals surface area contributed by atoms with Crippen molar-refractivity contribution in [3.05, 3.63) is 35.9 Å². The number of benzene rings is 1. The summed E-state index contributed by atoms with van der Waals surface area (Å²) >= 11 is 0. The molecule has 6 nitrogen and oxygen atoms in total. The number of ether oxygens (including phenoxy) is 1. The molecule has 20 heavy (non-hydrogen) atoms. The summed E-state index contributed by atoms with van der Waals surface area (Å²) in [7, 11) is -3.11. The van der Waals surface area contributed by atoms with E-state index in [4.69, 9.17) is 9.84 Å². The molecule has 0 radical (unpaired) electrons. The molecule has 1 fully saturated rings. The lowest BCUT2D eigenvalue weighted by Gasteiger charge is -2.40. The second-order valence-electron chi connectivity index (χ2n) is 4.97. The summed E-state index contributed by atoms with van der Waals surface area (Å²) in [5.74, 6) is -0.304. The van der Waals surface area contributed by atoms with Crippen LogP contribution in [0, 0.1) is 0 Å². The third kappa shape index (κ3) is 3.71. The minimum atomic E-state index is -3.11. The minimum Gasteiger partial charge on any atom is -0.445 e. The van der Waals surface area contributed by atoms with Gasteiger partial charge in [-0.2, -0.15) is 0 Å². The standard InChI is InChI=1S/C13H17NO5S/c15-7-6-13(9-20(17,18)10-13)14-12(16)19-8-11-4-2-1-3-5-11/h1-5,15H,6-10H2,(H,14,16). The van der Waals surface area contributed by atoms with Crippen LogP contribution in [0.15, 0.2) is 30.3 Å². The molecule has 0 spiro atoms. The Balaban J connectivity index is 1.87. The number of sulfone groups is 1. The Morgan fingerprint density at radius 3 is 2.50 bits per heavy atom. The Hall–Kier alpha value is -1.60. The summed E-state index contributed by atoms with van der Waals surface area (Å²) in [6.07, 6.45) is -0.468. The van der Waals surface area contributed by atoms with Gasteiger partial charge < -0.3 is 15.2 Å². The van der Waals surface area contributed by atoms with E-state index in [0.29, 0.717) is 0 Å². The van der Waals surface area contributed by atoms with E-state index < -0.39 is 21.5 Å². The van der Waals surface area contributed by atoms with Crippen LogP contribution in [-0.2, 0) is 21.2 Å². The number of carbonyl (C=O) groups is 1. The number of alkyl carbamates (subject to hydrolysis) is 1. The Morgan fingerprint density at radius 2 is 1.95 bits per heavy atom. The fraction of sp³-hybridized carbons (Fsp3) is 0.462. The van der Waals surface area contributed by atoms with E-state index in [-0.39, 0.29) is 31.1 Å². The summed E-state index contributed by atoms with van der Waals surface area (Å²) in [5, 5.41) is 11.5. The molecule has 1 saturated heterocycles. The van der Waals surface area contributed by atoms with Crippen molar-refractivity contribution in [3.8, 4) is 0 Å². The smallest absolute Gasteiger partial charge is 0.407 e. The molecule has 0 aliphatic carbocycles. The van der Waals surface area contributed by atoms with Crippen LogP contribution in [0.25, 0.3) is 0 Å². The van der Waals surface area contributed by atoms with Crippen LogP contribution in [0.1, 0.15) is 12.0 Å². The number of aliphatic hydroxyl groups is 1. The third-order valence-corrected chi connectivity index (χ3v) is 5.15. The number of hydrogen-bond donors (Lipinski definition) is 2. The van der Waals surface area contributed by atoms with Crippen LogP contribution in [-0.4, -0.2) is 43.3 Å². The first-order valence-electron chi connectivity index (χ1n) is 6.25.